The quantitative estimate of drug-likeness (QED) is 0.914. The van der Waals surface area contributed by atoms with Gasteiger partial charge in [-0.05, 0) is 44.0 Å². The molecular weight excluding hydrogens is 286 g/mol. The number of halogens is 1. The molecule has 1 atom stereocenters. The van der Waals surface area contributed by atoms with Crippen LogP contribution in [0, 0.1) is 0 Å². The molecule has 1 saturated heterocycles. The molecule has 21 heavy (non-hydrogen) atoms. The maximum atomic E-state index is 12.7. The molecule has 2 heterocycles. The van der Waals surface area contributed by atoms with Crippen LogP contribution in [0.4, 0.5) is 5.69 Å². The normalized spacial score (nSPS) is 21.6. The molecule has 0 bridgehead atoms. The van der Waals surface area contributed by atoms with Gasteiger partial charge in [0.05, 0.1) is 16.7 Å². The Balaban J connectivity index is 1.96. The van der Waals surface area contributed by atoms with Gasteiger partial charge in [0, 0.05) is 16.6 Å². The van der Waals surface area contributed by atoms with E-state index in [0.717, 1.165) is 36.7 Å². The Labute approximate surface area is 128 Å². The van der Waals surface area contributed by atoms with Gasteiger partial charge in [0.1, 0.15) is 0 Å². The van der Waals surface area contributed by atoms with Crippen molar-refractivity contribution in [2.24, 2.45) is 0 Å². The van der Waals surface area contributed by atoms with Crippen molar-refractivity contribution in [3.8, 4) is 0 Å². The van der Waals surface area contributed by atoms with Gasteiger partial charge in [-0.1, -0.05) is 24.6 Å². The number of amides is 1. The Hall–Kier alpha value is -1.65. The molecule has 1 aliphatic heterocycles. The average molecular weight is 304 g/mol. The molecule has 2 N–H and O–H groups in total. The number of carbonyl (C=O) groups is 1. The van der Waals surface area contributed by atoms with Crippen LogP contribution in [0.2, 0.25) is 5.02 Å². The van der Waals surface area contributed by atoms with Crippen molar-refractivity contribution >= 4 is 34.1 Å². The molecule has 0 radical (unpaired) electrons. The smallest absolute Gasteiger partial charge is 0.244 e. The van der Waals surface area contributed by atoms with E-state index in [1.165, 1.54) is 0 Å². The van der Waals surface area contributed by atoms with Gasteiger partial charge >= 0.3 is 0 Å². The fourth-order valence-electron chi connectivity index (χ4n) is 2.96. The van der Waals surface area contributed by atoms with Gasteiger partial charge in [-0.15, -0.1) is 0 Å². The molecule has 110 valence electrons. The number of nitrogens with one attached hydrogen (secondary N) is 2. The minimum atomic E-state index is -0.469. The SMILES string of the molecule is CCC1(C(=O)Nc2cc(Cl)cc3cccnc23)CCCN1. The Morgan fingerprint density at radius 3 is 3.10 bits per heavy atom. The van der Waals surface area contributed by atoms with Crippen LogP contribution in [0.1, 0.15) is 26.2 Å². The number of rotatable bonds is 3. The maximum absolute atomic E-state index is 12.7. The van der Waals surface area contributed by atoms with Crippen molar-refractivity contribution in [2.45, 2.75) is 31.7 Å². The lowest BCUT2D eigenvalue weighted by Gasteiger charge is -2.26. The van der Waals surface area contributed by atoms with Gasteiger partial charge in [0.15, 0.2) is 0 Å². The highest BCUT2D eigenvalue weighted by molar-refractivity contribution is 6.32. The maximum Gasteiger partial charge on any atom is 0.244 e. The lowest BCUT2D eigenvalue weighted by Crippen LogP contribution is -2.50. The average Bonchev–Trinajstić information content (AvgIpc) is 2.97. The Morgan fingerprint density at radius 2 is 2.38 bits per heavy atom. The van der Waals surface area contributed by atoms with E-state index >= 15 is 0 Å². The Kier molecular flexibility index (Phi) is 3.83. The van der Waals surface area contributed by atoms with Gasteiger partial charge in [0.2, 0.25) is 5.91 Å². The number of anilines is 1. The first kappa shape index (κ1) is 14.3. The molecular formula is C16H18ClN3O. The van der Waals surface area contributed by atoms with Crippen LogP contribution in [0.15, 0.2) is 30.5 Å². The van der Waals surface area contributed by atoms with Crippen LogP contribution in [0.3, 0.4) is 0 Å². The van der Waals surface area contributed by atoms with Gasteiger partial charge in [0.25, 0.3) is 0 Å². The highest BCUT2D eigenvalue weighted by Crippen LogP contribution is 2.29. The summed E-state index contributed by atoms with van der Waals surface area (Å²) in [4.78, 5) is 17.0. The first-order valence-corrected chi connectivity index (χ1v) is 7.63. The lowest BCUT2D eigenvalue weighted by molar-refractivity contribution is -0.122. The number of pyridine rings is 1. The summed E-state index contributed by atoms with van der Waals surface area (Å²) in [7, 11) is 0. The minimum Gasteiger partial charge on any atom is -0.323 e. The molecule has 1 aromatic carbocycles. The van der Waals surface area contributed by atoms with Crippen LogP contribution < -0.4 is 10.6 Å². The summed E-state index contributed by atoms with van der Waals surface area (Å²) in [5, 5.41) is 7.86. The summed E-state index contributed by atoms with van der Waals surface area (Å²) >= 11 is 6.14. The van der Waals surface area contributed by atoms with E-state index in [4.69, 9.17) is 11.6 Å². The molecule has 0 saturated carbocycles. The zero-order chi connectivity index (χ0) is 14.9. The molecule has 1 fully saturated rings. The summed E-state index contributed by atoms with van der Waals surface area (Å²) in [5.74, 6) is -0.00304. The Bertz CT molecular complexity index is 680. The lowest BCUT2D eigenvalue weighted by atomic mass is 9.93. The molecule has 3 rings (SSSR count). The fourth-order valence-corrected chi connectivity index (χ4v) is 3.18. The van der Waals surface area contributed by atoms with Crippen LogP contribution in [0.5, 0.6) is 0 Å². The zero-order valence-corrected chi connectivity index (χ0v) is 12.7. The second-order valence-corrected chi connectivity index (χ2v) is 5.89. The van der Waals surface area contributed by atoms with Gasteiger partial charge in [-0.2, -0.15) is 0 Å². The number of nitrogens with zero attached hydrogens (tertiary/aromatic N) is 1. The standard InChI is InChI=1S/C16H18ClN3O/c1-2-16(6-4-8-19-16)15(21)20-13-10-12(17)9-11-5-3-7-18-14(11)13/h3,5,7,9-10,19H,2,4,6,8H2,1H3,(H,20,21). The third-order valence-corrected chi connectivity index (χ3v) is 4.42. The second-order valence-electron chi connectivity index (χ2n) is 5.45. The van der Waals surface area contributed by atoms with Crippen molar-refractivity contribution in [3.63, 3.8) is 0 Å². The predicted molar refractivity (Wildman–Crippen MR) is 85.6 cm³/mol. The zero-order valence-electron chi connectivity index (χ0n) is 11.9. The molecule has 0 aliphatic carbocycles. The van der Waals surface area contributed by atoms with E-state index in [1.54, 1.807) is 12.3 Å². The van der Waals surface area contributed by atoms with Crippen molar-refractivity contribution in [1.82, 2.24) is 10.3 Å². The van der Waals surface area contributed by atoms with E-state index in [9.17, 15) is 4.79 Å². The number of benzene rings is 1. The van der Waals surface area contributed by atoms with Gasteiger partial charge in [-0.3, -0.25) is 9.78 Å². The molecule has 4 nitrogen and oxygen atoms in total. The monoisotopic (exact) mass is 303 g/mol. The van der Waals surface area contributed by atoms with Gasteiger partial charge in [-0.25, -0.2) is 0 Å². The second kappa shape index (κ2) is 5.62. The molecule has 1 unspecified atom stereocenters. The highest BCUT2D eigenvalue weighted by Gasteiger charge is 2.39. The summed E-state index contributed by atoms with van der Waals surface area (Å²) < 4.78 is 0. The highest BCUT2D eigenvalue weighted by atomic mass is 35.5. The van der Waals surface area contributed by atoms with Crippen molar-refractivity contribution in [3.05, 3.63) is 35.5 Å². The van der Waals surface area contributed by atoms with Crippen molar-refractivity contribution in [2.75, 3.05) is 11.9 Å². The first-order chi connectivity index (χ1) is 10.1. The summed E-state index contributed by atoms with van der Waals surface area (Å²) in [6.45, 7) is 2.92. The van der Waals surface area contributed by atoms with E-state index in [1.807, 2.05) is 25.1 Å². The number of fused-ring (bicyclic) bond motifs is 1. The van der Waals surface area contributed by atoms with E-state index < -0.39 is 5.54 Å². The van der Waals surface area contributed by atoms with Crippen molar-refractivity contribution in [1.29, 1.82) is 0 Å². The number of carbonyl (C=O) groups excluding carboxylic acids is 1. The van der Waals surface area contributed by atoms with Crippen LogP contribution in [-0.4, -0.2) is 23.0 Å². The van der Waals surface area contributed by atoms with Gasteiger partial charge < -0.3 is 10.6 Å². The summed E-state index contributed by atoms with van der Waals surface area (Å²) in [5.41, 5.74) is 0.966. The number of hydrogen-bond donors (Lipinski definition) is 2. The van der Waals surface area contributed by atoms with E-state index in [0.29, 0.717) is 10.7 Å². The topological polar surface area (TPSA) is 54.0 Å². The third kappa shape index (κ3) is 2.61. The summed E-state index contributed by atoms with van der Waals surface area (Å²) in [6.07, 6.45) is 4.37. The van der Waals surface area contributed by atoms with Crippen LogP contribution in [0.25, 0.3) is 10.9 Å². The van der Waals surface area contributed by atoms with Crippen LogP contribution in [-0.2, 0) is 4.79 Å². The fraction of sp³-hybridized carbons (Fsp3) is 0.375. The molecule has 2 aromatic rings. The molecule has 5 heteroatoms. The first-order valence-electron chi connectivity index (χ1n) is 7.25. The number of hydrogen-bond acceptors (Lipinski definition) is 3. The molecule has 1 aliphatic rings. The third-order valence-electron chi connectivity index (χ3n) is 4.20. The van der Waals surface area contributed by atoms with Crippen molar-refractivity contribution < 1.29 is 4.79 Å². The summed E-state index contributed by atoms with van der Waals surface area (Å²) in [6, 6.07) is 7.40. The molecule has 1 amide bonds. The van der Waals surface area contributed by atoms with E-state index in [2.05, 4.69) is 15.6 Å². The molecule has 0 spiro atoms. The molecule has 1 aromatic heterocycles. The largest absolute Gasteiger partial charge is 0.323 e. The minimum absolute atomic E-state index is 0.00304. The number of aromatic nitrogens is 1. The predicted octanol–water partition coefficient (Wildman–Crippen LogP) is 3.36. The Morgan fingerprint density at radius 1 is 1.52 bits per heavy atom. The van der Waals surface area contributed by atoms with Crippen LogP contribution >= 0.6 is 11.6 Å². The van der Waals surface area contributed by atoms with E-state index in [-0.39, 0.29) is 5.91 Å².